The lowest BCUT2D eigenvalue weighted by molar-refractivity contribution is 0.932. The standard InChI is InChI=1S/C15H12BrN3/c1-2-15-18-13(8-14(16)19-15)12-5-3-4-10-9-17-7-6-11(10)12/h3-9H,2H2,1H3. The Kier molecular flexibility index (Phi) is 3.25. The van der Waals surface area contributed by atoms with Crippen LogP contribution < -0.4 is 0 Å². The molecule has 0 atom stereocenters. The van der Waals surface area contributed by atoms with Crippen molar-refractivity contribution in [2.75, 3.05) is 0 Å². The molecule has 0 aliphatic rings. The van der Waals surface area contributed by atoms with E-state index in [4.69, 9.17) is 0 Å². The Hall–Kier alpha value is -1.81. The van der Waals surface area contributed by atoms with Crippen LogP contribution in [-0.2, 0) is 6.42 Å². The average molecular weight is 314 g/mol. The first-order valence-corrected chi connectivity index (χ1v) is 6.94. The van der Waals surface area contributed by atoms with Gasteiger partial charge in [-0.3, -0.25) is 4.98 Å². The fourth-order valence-electron chi connectivity index (χ4n) is 2.11. The molecule has 3 rings (SSSR count). The molecular weight excluding hydrogens is 302 g/mol. The highest BCUT2D eigenvalue weighted by Gasteiger charge is 2.07. The van der Waals surface area contributed by atoms with Crippen molar-refractivity contribution in [3.63, 3.8) is 0 Å². The first-order valence-electron chi connectivity index (χ1n) is 6.14. The van der Waals surface area contributed by atoms with Crippen LogP contribution in [0.15, 0.2) is 47.3 Å². The Morgan fingerprint density at radius 3 is 2.89 bits per heavy atom. The summed E-state index contributed by atoms with van der Waals surface area (Å²) < 4.78 is 0.820. The molecule has 19 heavy (non-hydrogen) atoms. The summed E-state index contributed by atoms with van der Waals surface area (Å²) in [5, 5.41) is 2.28. The van der Waals surface area contributed by atoms with Crippen molar-refractivity contribution in [1.82, 2.24) is 15.0 Å². The van der Waals surface area contributed by atoms with E-state index in [9.17, 15) is 0 Å². The van der Waals surface area contributed by atoms with Crippen molar-refractivity contribution in [2.45, 2.75) is 13.3 Å². The van der Waals surface area contributed by atoms with Gasteiger partial charge >= 0.3 is 0 Å². The number of aromatic nitrogens is 3. The number of pyridine rings is 1. The molecule has 3 nitrogen and oxygen atoms in total. The lowest BCUT2D eigenvalue weighted by atomic mass is 10.0. The van der Waals surface area contributed by atoms with Crippen LogP contribution in [-0.4, -0.2) is 15.0 Å². The van der Waals surface area contributed by atoms with E-state index in [0.717, 1.165) is 38.9 Å². The van der Waals surface area contributed by atoms with Crippen molar-refractivity contribution in [1.29, 1.82) is 0 Å². The average Bonchev–Trinajstić information content (AvgIpc) is 2.46. The second kappa shape index (κ2) is 5.05. The molecule has 0 aliphatic carbocycles. The van der Waals surface area contributed by atoms with Crippen molar-refractivity contribution in [3.8, 4) is 11.3 Å². The van der Waals surface area contributed by atoms with Crippen LogP contribution >= 0.6 is 15.9 Å². The van der Waals surface area contributed by atoms with Crippen LogP contribution in [0.4, 0.5) is 0 Å². The van der Waals surface area contributed by atoms with Gasteiger partial charge in [0.05, 0.1) is 5.69 Å². The monoisotopic (exact) mass is 313 g/mol. The van der Waals surface area contributed by atoms with Gasteiger partial charge in [-0.2, -0.15) is 0 Å². The molecule has 0 spiro atoms. The maximum atomic E-state index is 4.61. The molecule has 0 N–H and O–H groups in total. The first-order chi connectivity index (χ1) is 9.28. The molecule has 0 fully saturated rings. The quantitative estimate of drug-likeness (QED) is 0.671. The third kappa shape index (κ3) is 2.36. The lowest BCUT2D eigenvalue weighted by Gasteiger charge is -2.07. The number of hydrogen-bond donors (Lipinski definition) is 0. The molecule has 2 aromatic heterocycles. The molecule has 2 heterocycles. The van der Waals surface area contributed by atoms with Gasteiger partial charge < -0.3 is 0 Å². The van der Waals surface area contributed by atoms with Crippen molar-refractivity contribution < 1.29 is 0 Å². The van der Waals surface area contributed by atoms with Gasteiger partial charge in [-0.1, -0.05) is 25.1 Å². The topological polar surface area (TPSA) is 38.7 Å². The van der Waals surface area contributed by atoms with Gasteiger partial charge in [0.2, 0.25) is 0 Å². The zero-order chi connectivity index (χ0) is 13.2. The lowest BCUT2D eigenvalue weighted by Crippen LogP contribution is -1.96. The molecule has 0 amide bonds. The van der Waals surface area contributed by atoms with Crippen LogP contribution in [0, 0.1) is 0 Å². The van der Waals surface area contributed by atoms with Crippen molar-refractivity contribution >= 4 is 26.7 Å². The van der Waals surface area contributed by atoms with Crippen molar-refractivity contribution in [2.24, 2.45) is 0 Å². The molecule has 0 bridgehead atoms. The molecule has 0 aliphatic heterocycles. The Labute approximate surface area is 119 Å². The molecule has 0 saturated carbocycles. The molecule has 1 aromatic carbocycles. The van der Waals surface area contributed by atoms with E-state index in [0.29, 0.717) is 0 Å². The number of aryl methyl sites for hydroxylation is 1. The predicted octanol–water partition coefficient (Wildman–Crippen LogP) is 4.02. The molecular formula is C15H12BrN3. The van der Waals surface area contributed by atoms with E-state index >= 15 is 0 Å². The van der Waals surface area contributed by atoms with Crippen LogP contribution in [0.25, 0.3) is 22.0 Å². The summed E-state index contributed by atoms with van der Waals surface area (Å²) in [6, 6.07) is 10.1. The summed E-state index contributed by atoms with van der Waals surface area (Å²) >= 11 is 3.45. The van der Waals surface area contributed by atoms with Gasteiger partial charge in [0.15, 0.2) is 0 Å². The summed E-state index contributed by atoms with van der Waals surface area (Å²) in [5.41, 5.74) is 2.05. The maximum Gasteiger partial charge on any atom is 0.130 e. The minimum atomic E-state index is 0.818. The number of benzene rings is 1. The van der Waals surface area contributed by atoms with E-state index in [-0.39, 0.29) is 0 Å². The minimum Gasteiger partial charge on any atom is -0.264 e. The smallest absolute Gasteiger partial charge is 0.130 e. The van der Waals surface area contributed by atoms with Gasteiger partial charge in [-0.25, -0.2) is 9.97 Å². The first kappa shape index (κ1) is 12.2. The van der Waals surface area contributed by atoms with E-state index in [1.54, 1.807) is 0 Å². The van der Waals surface area contributed by atoms with E-state index in [1.807, 2.05) is 30.6 Å². The zero-order valence-corrected chi connectivity index (χ0v) is 12.1. The molecule has 4 heteroatoms. The van der Waals surface area contributed by atoms with E-state index in [2.05, 4.69) is 49.9 Å². The zero-order valence-electron chi connectivity index (χ0n) is 10.5. The number of fused-ring (bicyclic) bond motifs is 1. The van der Waals surface area contributed by atoms with Gasteiger partial charge in [0.25, 0.3) is 0 Å². The van der Waals surface area contributed by atoms with Gasteiger partial charge in [-0.15, -0.1) is 0 Å². The van der Waals surface area contributed by atoms with E-state index in [1.165, 1.54) is 0 Å². The second-order valence-corrected chi connectivity index (χ2v) is 5.06. The van der Waals surface area contributed by atoms with E-state index < -0.39 is 0 Å². The van der Waals surface area contributed by atoms with Crippen LogP contribution in [0.5, 0.6) is 0 Å². The van der Waals surface area contributed by atoms with Crippen LogP contribution in [0.3, 0.4) is 0 Å². The van der Waals surface area contributed by atoms with Gasteiger partial charge in [-0.05, 0) is 33.4 Å². The van der Waals surface area contributed by atoms with Crippen molar-refractivity contribution in [3.05, 3.63) is 53.2 Å². The summed E-state index contributed by atoms with van der Waals surface area (Å²) in [6.07, 6.45) is 4.50. The summed E-state index contributed by atoms with van der Waals surface area (Å²) in [6.45, 7) is 2.05. The Morgan fingerprint density at radius 2 is 2.05 bits per heavy atom. The molecule has 0 radical (unpaired) electrons. The highest BCUT2D eigenvalue weighted by Crippen LogP contribution is 2.28. The highest BCUT2D eigenvalue weighted by molar-refractivity contribution is 9.10. The molecule has 0 unspecified atom stereocenters. The largest absolute Gasteiger partial charge is 0.264 e. The van der Waals surface area contributed by atoms with Crippen LogP contribution in [0.1, 0.15) is 12.7 Å². The number of rotatable bonds is 2. The van der Waals surface area contributed by atoms with Gasteiger partial charge in [0.1, 0.15) is 10.4 Å². The normalized spacial score (nSPS) is 10.8. The summed E-state index contributed by atoms with van der Waals surface area (Å²) in [4.78, 5) is 13.1. The SMILES string of the molecule is CCc1nc(Br)cc(-c2cccc3cnccc23)n1. The Bertz CT molecular complexity index is 735. The Morgan fingerprint density at radius 1 is 1.16 bits per heavy atom. The molecule has 94 valence electrons. The summed E-state index contributed by atoms with van der Waals surface area (Å²) in [5.74, 6) is 0.843. The third-order valence-electron chi connectivity index (χ3n) is 3.01. The highest BCUT2D eigenvalue weighted by atomic mass is 79.9. The minimum absolute atomic E-state index is 0.818. The number of nitrogens with zero attached hydrogens (tertiary/aromatic N) is 3. The molecule has 0 saturated heterocycles. The van der Waals surface area contributed by atoms with Crippen LogP contribution in [0.2, 0.25) is 0 Å². The van der Waals surface area contributed by atoms with Gasteiger partial charge in [0, 0.05) is 29.8 Å². The fraction of sp³-hybridized carbons (Fsp3) is 0.133. The number of halogens is 1. The maximum absolute atomic E-state index is 4.61. The second-order valence-electron chi connectivity index (χ2n) is 4.25. The Balaban J connectivity index is 2.27. The number of hydrogen-bond acceptors (Lipinski definition) is 3. The fourth-order valence-corrected chi connectivity index (χ4v) is 2.53. The summed E-state index contributed by atoms with van der Waals surface area (Å²) in [7, 11) is 0. The molecule has 3 aromatic rings. The predicted molar refractivity (Wildman–Crippen MR) is 79.8 cm³/mol. The third-order valence-corrected chi connectivity index (χ3v) is 3.42.